The number of nitrogens with zero attached hydrogens (tertiary/aromatic N) is 1. The standard InChI is InChI=1S/C29H30Cl2FN3O4/c1-18(2)14-26(34-28(36)19(3)39-27-13-8-22(30)15-25(27)31)29(37)35-33-16-20-6-11-24(12-7-20)38-17-21-4-9-23(32)10-5-21/h4-13,15-16,18-19,26H,14,17H2,1-3H3,(H,34,36)(H,35,37)/b33-16-/t19-,26+/m0/s1. The van der Waals surface area contributed by atoms with Crippen molar-refractivity contribution in [2.45, 2.75) is 45.9 Å². The summed E-state index contributed by atoms with van der Waals surface area (Å²) in [5.41, 5.74) is 4.07. The molecule has 0 bridgehead atoms. The van der Waals surface area contributed by atoms with Crippen LogP contribution in [0.5, 0.6) is 11.5 Å². The van der Waals surface area contributed by atoms with Crippen LogP contribution in [-0.2, 0) is 16.2 Å². The Morgan fingerprint density at radius 3 is 2.31 bits per heavy atom. The van der Waals surface area contributed by atoms with Gasteiger partial charge < -0.3 is 14.8 Å². The molecule has 0 aliphatic heterocycles. The van der Waals surface area contributed by atoms with Crippen LogP contribution in [0.1, 0.15) is 38.3 Å². The van der Waals surface area contributed by atoms with E-state index in [1.165, 1.54) is 24.4 Å². The fraction of sp³-hybridized carbons (Fsp3) is 0.276. The summed E-state index contributed by atoms with van der Waals surface area (Å²) in [6.45, 7) is 5.77. The molecule has 0 radical (unpaired) electrons. The van der Waals surface area contributed by atoms with Gasteiger partial charge in [0.15, 0.2) is 6.10 Å². The molecule has 0 saturated carbocycles. The zero-order valence-corrected chi connectivity index (χ0v) is 23.3. The van der Waals surface area contributed by atoms with E-state index in [0.717, 1.165) is 11.1 Å². The molecule has 0 aromatic heterocycles. The Morgan fingerprint density at radius 1 is 0.974 bits per heavy atom. The highest BCUT2D eigenvalue weighted by atomic mass is 35.5. The number of ether oxygens (including phenoxy) is 2. The van der Waals surface area contributed by atoms with E-state index in [2.05, 4.69) is 15.8 Å². The van der Waals surface area contributed by atoms with Crippen LogP contribution in [0, 0.1) is 11.7 Å². The van der Waals surface area contributed by atoms with Crippen LogP contribution >= 0.6 is 23.2 Å². The Labute approximate surface area is 237 Å². The summed E-state index contributed by atoms with van der Waals surface area (Å²) < 4.78 is 24.4. The molecule has 3 aromatic carbocycles. The van der Waals surface area contributed by atoms with Gasteiger partial charge in [-0.1, -0.05) is 49.2 Å². The van der Waals surface area contributed by atoms with Gasteiger partial charge >= 0.3 is 0 Å². The summed E-state index contributed by atoms with van der Waals surface area (Å²) in [7, 11) is 0. The quantitative estimate of drug-likeness (QED) is 0.200. The molecule has 0 spiro atoms. The Hall–Kier alpha value is -3.62. The van der Waals surface area contributed by atoms with E-state index in [1.54, 1.807) is 55.5 Å². The molecule has 0 aliphatic rings. The van der Waals surface area contributed by atoms with Crippen molar-refractivity contribution in [2.75, 3.05) is 0 Å². The Morgan fingerprint density at radius 2 is 1.67 bits per heavy atom. The van der Waals surface area contributed by atoms with Gasteiger partial charge in [0.25, 0.3) is 11.8 Å². The third-order valence-corrected chi connectivity index (χ3v) is 6.02. The van der Waals surface area contributed by atoms with Crippen LogP contribution < -0.4 is 20.2 Å². The van der Waals surface area contributed by atoms with Gasteiger partial charge in [0, 0.05) is 5.02 Å². The summed E-state index contributed by atoms with van der Waals surface area (Å²) in [5, 5.41) is 7.48. The first-order chi connectivity index (χ1) is 18.6. The summed E-state index contributed by atoms with van der Waals surface area (Å²) in [6.07, 6.45) is 0.990. The first kappa shape index (κ1) is 29.9. The smallest absolute Gasteiger partial charge is 0.262 e. The number of benzene rings is 3. The average Bonchev–Trinajstić information content (AvgIpc) is 2.90. The number of halogens is 3. The molecule has 7 nitrogen and oxygen atoms in total. The van der Waals surface area contributed by atoms with Crippen LogP contribution in [0.2, 0.25) is 10.0 Å². The molecule has 3 aromatic rings. The number of nitrogens with one attached hydrogen (secondary N) is 2. The fourth-order valence-corrected chi connectivity index (χ4v) is 3.91. The number of hydrazone groups is 1. The van der Waals surface area contributed by atoms with Crippen LogP contribution in [-0.4, -0.2) is 30.2 Å². The van der Waals surface area contributed by atoms with Gasteiger partial charge in [-0.3, -0.25) is 9.59 Å². The van der Waals surface area contributed by atoms with Crippen molar-refractivity contribution >= 4 is 41.2 Å². The minimum Gasteiger partial charge on any atom is -0.489 e. The summed E-state index contributed by atoms with van der Waals surface area (Å²) in [5.74, 6) is -0.141. The molecule has 3 rings (SSSR count). The van der Waals surface area contributed by atoms with Crippen LogP contribution in [0.3, 0.4) is 0 Å². The summed E-state index contributed by atoms with van der Waals surface area (Å²) >= 11 is 12.0. The van der Waals surface area contributed by atoms with Gasteiger partial charge in [-0.05, 0) is 85.0 Å². The molecule has 206 valence electrons. The monoisotopic (exact) mass is 573 g/mol. The number of hydrogen-bond donors (Lipinski definition) is 2. The van der Waals surface area contributed by atoms with E-state index in [0.29, 0.717) is 29.5 Å². The lowest BCUT2D eigenvalue weighted by atomic mass is 10.0. The normalized spacial score (nSPS) is 12.7. The van der Waals surface area contributed by atoms with Gasteiger partial charge in [-0.25, -0.2) is 9.82 Å². The number of hydrogen-bond acceptors (Lipinski definition) is 5. The van der Waals surface area contributed by atoms with Crippen molar-refractivity contribution in [1.82, 2.24) is 10.7 Å². The Kier molecular flexibility index (Phi) is 11.1. The van der Waals surface area contributed by atoms with Gasteiger partial charge in [0.2, 0.25) is 0 Å². The van der Waals surface area contributed by atoms with Crippen LogP contribution in [0.15, 0.2) is 71.8 Å². The second-order valence-electron chi connectivity index (χ2n) is 9.24. The van der Waals surface area contributed by atoms with Crippen molar-refractivity contribution in [1.29, 1.82) is 0 Å². The molecular formula is C29H30Cl2FN3O4. The van der Waals surface area contributed by atoms with E-state index in [1.807, 2.05) is 13.8 Å². The fourth-order valence-electron chi connectivity index (χ4n) is 3.45. The van der Waals surface area contributed by atoms with E-state index >= 15 is 0 Å². The minimum atomic E-state index is -0.904. The van der Waals surface area contributed by atoms with Gasteiger partial charge in [-0.2, -0.15) is 5.10 Å². The minimum absolute atomic E-state index is 0.134. The van der Waals surface area contributed by atoms with Gasteiger partial charge in [-0.15, -0.1) is 0 Å². The highest BCUT2D eigenvalue weighted by Crippen LogP contribution is 2.28. The van der Waals surface area contributed by atoms with E-state index < -0.39 is 24.0 Å². The molecule has 2 amide bonds. The van der Waals surface area contributed by atoms with Crippen molar-refractivity contribution in [2.24, 2.45) is 11.0 Å². The zero-order chi connectivity index (χ0) is 28.4. The molecule has 0 fully saturated rings. The topological polar surface area (TPSA) is 89.0 Å². The lowest BCUT2D eigenvalue weighted by molar-refractivity contribution is -0.132. The number of amides is 2. The summed E-state index contributed by atoms with van der Waals surface area (Å²) in [6, 6.07) is 17.1. The maximum Gasteiger partial charge on any atom is 0.262 e. The highest BCUT2D eigenvalue weighted by molar-refractivity contribution is 6.35. The predicted octanol–water partition coefficient (Wildman–Crippen LogP) is 6.16. The second-order valence-corrected chi connectivity index (χ2v) is 10.1. The second kappa shape index (κ2) is 14.5. The first-order valence-electron chi connectivity index (χ1n) is 12.3. The molecule has 2 N–H and O–H groups in total. The van der Waals surface area contributed by atoms with Crippen molar-refractivity contribution < 1.29 is 23.5 Å². The SMILES string of the molecule is CC(C)C[C@@H](NC(=O)[C@H](C)Oc1ccc(Cl)cc1Cl)C(=O)N/N=C\c1ccc(OCc2ccc(F)cc2)cc1. The molecule has 2 atom stereocenters. The molecule has 0 saturated heterocycles. The number of carbonyl (C=O) groups excluding carboxylic acids is 2. The van der Waals surface area contributed by atoms with Gasteiger partial charge in [0.1, 0.15) is 30.0 Å². The molecule has 39 heavy (non-hydrogen) atoms. The lowest BCUT2D eigenvalue weighted by Crippen LogP contribution is -2.49. The maximum atomic E-state index is 13.0. The van der Waals surface area contributed by atoms with Crippen molar-refractivity contribution in [3.8, 4) is 11.5 Å². The molecule has 0 heterocycles. The van der Waals surface area contributed by atoms with E-state index in [9.17, 15) is 14.0 Å². The third kappa shape index (κ3) is 9.89. The maximum absolute atomic E-state index is 13.0. The predicted molar refractivity (Wildman–Crippen MR) is 151 cm³/mol. The van der Waals surface area contributed by atoms with Crippen LogP contribution in [0.25, 0.3) is 0 Å². The molecule has 0 aliphatic carbocycles. The molecular weight excluding hydrogens is 544 g/mol. The zero-order valence-electron chi connectivity index (χ0n) is 21.8. The average molecular weight is 574 g/mol. The third-order valence-electron chi connectivity index (χ3n) is 5.49. The molecule has 0 unspecified atom stereocenters. The van der Waals surface area contributed by atoms with Gasteiger partial charge in [0.05, 0.1) is 11.2 Å². The van der Waals surface area contributed by atoms with Crippen molar-refractivity contribution in [3.63, 3.8) is 0 Å². The van der Waals surface area contributed by atoms with Crippen molar-refractivity contribution in [3.05, 3.63) is 93.7 Å². The van der Waals surface area contributed by atoms with Crippen LogP contribution in [0.4, 0.5) is 4.39 Å². The van der Waals surface area contributed by atoms with E-state index in [4.69, 9.17) is 32.7 Å². The first-order valence-corrected chi connectivity index (χ1v) is 13.1. The number of rotatable bonds is 12. The summed E-state index contributed by atoms with van der Waals surface area (Å²) in [4.78, 5) is 25.6. The Bertz CT molecular complexity index is 1280. The number of carbonyl (C=O) groups is 2. The lowest BCUT2D eigenvalue weighted by Gasteiger charge is -2.22. The Balaban J connectivity index is 1.52. The largest absolute Gasteiger partial charge is 0.489 e. The molecule has 10 heteroatoms. The van der Waals surface area contributed by atoms with E-state index in [-0.39, 0.29) is 16.8 Å². The highest BCUT2D eigenvalue weighted by Gasteiger charge is 2.25.